The van der Waals surface area contributed by atoms with Crippen molar-refractivity contribution in [1.82, 2.24) is 0 Å². The highest BCUT2D eigenvalue weighted by atomic mass is 79.9. The lowest BCUT2D eigenvalue weighted by atomic mass is 9.70. The van der Waals surface area contributed by atoms with Crippen molar-refractivity contribution in [1.29, 1.82) is 0 Å². The highest BCUT2D eigenvalue weighted by Crippen LogP contribution is 2.54. The van der Waals surface area contributed by atoms with Gasteiger partial charge in [0.1, 0.15) is 17.3 Å². The maximum atomic E-state index is 13.7. The molecule has 5 rings (SSSR count). The number of halogens is 1. The Bertz CT molecular complexity index is 1260. The molecule has 5 heteroatoms. The minimum absolute atomic E-state index is 0.360. The van der Waals surface area contributed by atoms with E-state index in [1.807, 2.05) is 73.7 Å². The highest BCUT2D eigenvalue weighted by molar-refractivity contribution is 9.10. The summed E-state index contributed by atoms with van der Waals surface area (Å²) < 4.78 is 18.2. The number of rotatable bonds is 3. The molecule has 3 aromatic carbocycles. The van der Waals surface area contributed by atoms with Gasteiger partial charge in [-0.3, -0.25) is 0 Å². The van der Waals surface area contributed by atoms with E-state index < -0.39 is 5.41 Å². The SMILES string of the molecule is COc1ccccc1C1(c2ccccc2)C(=O)Oc2c1cc(Br)c1oc(C)cc21. The first-order valence-electron chi connectivity index (χ1n) is 9.21. The number of hydrogen-bond acceptors (Lipinski definition) is 4. The van der Waals surface area contributed by atoms with Crippen molar-refractivity contribution in [2.75, 3.05) is 7.11 Å². The van der Waals surface area contributed by atoms with Gasteiger partial charge in [-0.15, -0.1) is 0 Å². The quantitative estimate of drug-likeness (QED) is 0.295. The molecule has 1 aliphatic rings. The molecule has 0 saturated carbocycles. The first kappa shape index (κ1) is 18.0. The first-order valence-corrected chi connectivity index (χ1v) is 10.0. The standard InChI is InChI=1S/C24H17BrO4/c1-14-12-16-21-18(13-19(25)22(16)28-14)24(23(26)29-21,15-8-4-3-5-9-15)17-10-6-7-11-20(17)27-2/h3-13H,1-2H3. The second-order valence-corrected chi connectivity index (χ2v) is 7.90. The third-order valence-electron chi connectivity index (χ3n) is 5.46. The van der Waals surface area contributed by atoms with Crippen molar-refractivity contribution < 1.29 is 18.7 Å². The summed E-state index contributed by atoms with van der Waals surface area (Å²) >= 11 is 3.62. The van der Waals surface area contributed by atoms with Gasteiger partial charge in [0.15, 0.2) is 11.0 Å². The Balaban J connectivity index is 1.95. The minimum Gasteiger partial charge on any atom is -0.496 e. The van der Waals surface area contributed by atoms with Gasteiger partial charge in [-0.1, -0.05) is 48.5 Å². The van der Waals surface area contributed by atoms with Crippen LogP contribution in [-0.4, -0.2) is 13.1 Å². The van der Waals surface area contributed by atoms with Crippen LogP contribution < -0.4 is 9.47 Å². The molecule has 0 amide bonds. The number of fused-ring (bicyclic) bond motifs is 3. The number of esters is 1. The number of methoxy groups -OCH3 is 1. The zero-order valence-electron chi connectivity index (χ0n) is 15.9. The van der Waals surface area contributed by atoms with Gasteiger partial charge in [0.05, 0.1) is 17.0 Å². The Hall–Kier alpha value is -3.05. The maximum Gasteiger partial charge on any atom is 0.331 e. The number of benzene rings is 3. The Morgan fingerprint density at radius 1 is 0.966 bits per heavy atom. The lowest BCUT2D eigenvalue weighted by Gasteiger charge is -2.29. The molecule has 0 fully saturated rings. The summed E-state index contributed by atoms with van der Waals surface area (Å²) in [5.41, 5.74) is 1.84. The fourth-order valence-corrected chi connectivity index (χ4v) is 4.78. The molecule has 29 heavy (non-hydrogen) atoms. The lowest BCUT2D eigenvalue weighted by molar-refractivity contribution is -0.135. The van der Waals surface area contributed by atoms with Gasteiger partial charge in [0, 0.05) is 11.1 Å². The van der Waals surface area contributed by atoms with E-state index in [0.29, 0.717) is 17.1 Å². The van der Waals surface area contributed by atoms with E-state index in [-0.39, 0.29) is 5.97 Å². The van der Waals surface area contributed by atoms with Crippen molar-refractivity contribution in [3.8, 4) is 11.5 Å². The van der Waals surface area contributed by atoms with Crippen molar-refractivity contribution in [3.05, 3.63) is 93.7 Å². The maximum absolute atomic E-state index is 13.7. The van der Waals surface area contributed by atoms with Gasteiger partial charge >= 0.3 is 5.97 Å². The number of para-hydroxylation sites is 1. The van der Waals surface area contributed by atoms with Crippen molar-refractivity contribution in [3.63, 3.8) is 0 Å². The van der Waals surface area contributed by atoms with E-state index in [2.05, 4.69) is 15.9 Å². The Kier molecular flexibility index (Phi) is 4.03. The summed E-state index contributed by atoms with van der Waals surface area (Å²) in [6.45, 7) is 1.88. The monoisotopic (exact) mass is 448 g/mol. The molecule has 0 N–H and O–H groups in total. The fourth-order valence-electron chi connectivity index (χ4n) is 4.26. The number of carbonyl (C=O) groups excluding carboxylic acids is 1. The molecule has 2 heterocycles. The molecular weight excluding hydrogens is 432 g/mol. The van der Waals surface area contributed by atoms with Crippen LogP contribution in [0.1, 0.15) is 22.5 Å². The van der Waals surface area contributed by atoms with Gasteiger partial charge in [0.25, 0.3) is 0 Å². The second-order valence-electron chi connectivity index (χ2n) is 7.04. The molecule has 1 aromatic heterocycles. The lowest BCUT2D eigenvalue weighted by Crippen LogP contribution is -2.36. The largest absolute Gasteiger partial charge is 0.496 e. The average molecular weight is 449 g/mol. The molecule has 1 atom stereocenters. The number of carbonyl (C=O) groups is 1. The molecule has 1 unspecified atom stereocenters. The molecule has 0 aliphatic carbocycles. The third-order valence-corrected chi connectivity index (χ3v) is 6.04. The minimum atomic E-state index is -1.15. The van der Waals surface area contributed by atoms with Gasteiger partial charge in [0.2, 0.25) is 0 Å². The molecule has 0 saturated heterocycles. The predicted octanol–water partition coefficient (Wildman–Crippen LogP) is 5.77. The molecule has 4 aromatic rings. The van der Waals surface area contributed by atoms with Gasteiger partial charge in [-0.05, 0) is 46.6 Å². The summed E-state index contributed by atoms with van der Waals surface area (Å²) in [5, 5.41) is 0.771. The molecule has 0 spiro atoms. The number of hydrogen-bond donors (Lipinski definition) is 0. The van der Waals surface area contributed by atoms with Crippen LogP contribution in [0.15, 0.2) is 75.6 Å². The normalized spacial score (nSPS) is 18.0. The smallest absolute Gasteiger partial charge is 0.331 e. The highest BCUT2D eigenvalue weighted by Gasteiger charge is 2.54. The van der Waals surface area contributed by atoms with Crippen molar-refractivity contribution >= 4 is 32.9 Å². The predicted molar refractivity (Wildman–Crippen MR) is 114 cm³/mol. The van der Waals surface area contributed by atoms with E-state index >= 15 is 0 Å². The summed E-state index contributed by atoms with van der Waals surface area (Å²) in [6.07, 6.45) is 0. The van der Waals surface area contributed by atoms with E-state index in [0.717, 1.165) is 32.3 Å². The van der Waals surface area contributed by atoms with E-state index in [1.165, 1.54) is 0 Å². The van der Waals surface area contributed by atoms with Crippen LogP contribution in [0.25, 0.3) is 11.0 Å². The third kappa shape index (κ3) is 2.40. The summed E-state index contributed by atoms with van der Waals surface area (Å²) in [5.74, 6) is 1.54. The molecule has 4 nitrogen and oxygen atoms in total. The Morgan fingerprint density at radius 3 is 2.45 bits per heavy atom. The van der Waals surface area contributed by atoms with Crippen LogP contribution in [0.4, 0.5) is 0 Å². The molecule has 0 radical (unpaired) electrons. The first-order chi connectivity index (χ1) is 14.1. The summed E-state index contributed by atoms with van der Waals surface area (Å²) in [6, 6.07) is 21.1. The zero-order chi connectivity index (χ0) is 20.2. The van der Waals surface area contributed by atoms with Gasteiger partial charge < -0.3 is 13.9 Å². The number of ether oxygens (including phenoxy) is 2. The summed E-state index contributed by atoms with van der Waals surface area (Å²) in [4.78, 5) is 13.7. The summed E-state index contributed by atoms with van der Waals surface area (Å²) in [7, 11) is 1.61. The molecular formula is C24H17BrO4. The second kappa shape index (κ2) is 6.49. The van der Waals surface area contributed by atoms with E-state index in [1.54, 1.807) is 7.11 Å². The zero-order valence-corrected chi connectivity index (χ0v) is 17.4. The van der Waals surface area contributed by atoms with Crippen molar-refractivity contribution in [2.45, 2.75) is 12.3 Å². The van der Waals surface area contributed by atoms with Gasteiger partial charge in [-0.2, -0.15) is 0 Å². The van der Waals surface area contributed by atoms with Crippen LogP contribution in [0.3, 0.4) is 0 Å². The number of aryl methyl sites for hydroxylation is 1. The fraction of sp³-hybridized carbons (Fsp3) is 0.125. The van der Waals surface area contributed by atoms with Crippen LogP contribution in [0, 0.1) is 6.92 Å². The Labute approximate surface area is 176 Å². The molecule has 0 bridgehead atoms. The Morgan fingerprint density at radius 2 is 1.69 bits per heavy atom. The van der Waals surface area contributed by atoms with Gasteiger partial charge in [-0.25, -0.2) is 4.79 Å². The number of furan rings is 1. The van der Waals surface area contributed by atoms with Crippen LogP contribution in [0.5, 0.6) is 11.5 Å². The van der Waals surface area contributed by atoms with Crippen LogP contribution in [0.2, 0.25) is 0 Å². The van der Waals surface area contributed by atoms with Crippen molar-refractivity contribution in [2.24, 2.45) is 0 Å². The van der Waals surface area contributed by atoms with E-state index in [9.17, 15) is 4.79 Å². The molecule has 144 valence electrons. The molecule has 1 aliphatic heterocycles. The van der Waals surface area contributed by atoms with Crippen LogP contribution >= 0.6 is 15.9 Å². The van der Waals surface area contributed by atoms with E-state index in [4.69, 9.17) is 13.9 Å². The topological polar surface area (TPSA) is 48.7 Å². The average Bonchev–Trinajstić information content (AvgIpc) is 3.27. The van der Waals surface area contributed by atoms with Crippen LogP contribution in [-0.2, 0) is 10.2 Å².